The van der Waals surface area contributed by atoms with Crippen molar-refractivity contribution in [2.75, 3.05) is 43.1 Å². The average molecular weight is 318 g/mol. The van der Waals surface area contributed by atoms with E-state index in [0.717, 1.165) is 31.6 Å². The molecule has 8 nitrogen and oxygen atoms in total. The number of carbonyl (C=O) groups is 1. The Morgan fingerprint density at radius 1 is 1.17 bits per heavy atom. The molecule has 0 bridgehead atoms. The van der Waals surface area contributed by atoms with E-state index in [-0.39, 0.29) is 12.0 Å². The highest BCUT2D eigenvalue weighted by atomic mass is 16.6. The molecule has 4 rings (SSSR count). The van der Waals surface area contributed by atoms with Crippen LogP contribution in [0.5, 0.6) is 0 Å². The van der Waals surface area contributed by atoms with Crippen LogP contribution in [-0.2, 0) is 14.3 Å². The number of ether oxygens (including phenoxy) is 2. The van der Waals surface area contributed by atoms with E-state index in [1.54, 1.807) is 0 Å². The summed E-state index contributed by atoms with van der Waals surface area (Å²) in [5, 5.41) is 10.8. The van der Waals surface area contributed by atoms with Crippen LogP contribution in [0.15, 0.2) is 16.8 Å². The largest absolute Gasteiger partial charge is 0.378 e. The summed E-state index contributed by atoms with van der Waals surface area (Å²) >= 11 is 0. The molecule has 1 aromatic carbocycles. The highest BCUT2D eigenvalue weighted by molar-refractivity contribution is 6.04. The van der Waals surface area contributed by atoms with Gasteiger partial charge < -0.3 is 19.7 Å². The minimum Gasteiger partial charge on any atom is -0.378 e. The Morgan fingerprint density at radius 2 is 2.00 bits per heavy atom. The van der Waals surface area contributed by atoms with E-state index in [1.807, 2.05) is 12.1 Å². The number of anilines is 2. The third kappa shape index (κ3) is 2.75. The summed E-state index contributed by atoms with van der Waals surface area (Å²) < 4.78 is 15.7. The molecule has 1 aromatic heterocycles. The molecule has 0 unspecified atom stereocenters. The smallest absolute Gasteiger partial charge is 0.253 e. The van der Waals surface area contributed by atoms with Gasteiger partial charge in [-0.15, -0.1) is 0 Å². The fraction of sp³-hybridized carbons (Fsp3) is 0.533. The van der Waals surface area contributed by atoms with Gasteiger partial charge in [-0.1, -0.05) is 0 Å². The third-order valence-corrected chi connectivity index (χ3v) is 4.23. The summed E-state index contributed by atoms with van der Waals surface area (Å²) in [5.41, 5.74) is 2.75. The molecule has 0 radical (unpaired) electrons. The zero-order valence-electron chi connectivity index (χ0n) is 12.7. The molecule has 8 heteroatoms. The van der Waals surface area contributed by atoms with Gasteiger partial charge in [0, 0.05) is 19.7 Å². The van der Waals surface area contributed by atoms with E-state index < -0.39 is 0 Å². The lowest BCUT2D eigenvalue weighted by atomic mass is 10.2. The zero-order valence-corrected chi connectivity index (χ0v) is 12.7. The van der Waals surface area contributed by atoms with Gasteiger partial charge in [-0.3, -0.25) is 4.79 Å². The first-order chi connectivity index (χ1) is 11.3. The Kier molecular flexibility index (Phi) is 3.84. The summed E-state index contributed by atoms with van der Waals surface area (Å²) in [4.78, 5) is 14.4. The van der Waals surface area contributed by atoms with Crippen molar-refractivity contribution in [2.24, 2.45) is 0 Å². The molecule has 122 valence electrons. The van der Waals surface area contributed by atoms with Gasteiger partial charge in [-0.25, -0.2) is 4.63 Å². The maximum Gasteiger partial charge on any atom is 0.253 e. The number of aromatic nitrogens is 2. The van der Waals surface area contributed by atoms with Crippen molar-refractivity contribution < 1.29 is 18.9 Å². The maximum atomic E-state index is 12.2. The molecule has 3 heterocycles. The Hall–Kier alpha value is -2.19. The van der Waals surface area contributed by atoms with E-state index in [1.165, 1.54) is 0 Å². The molecule has 2 aromatic rings. The van der Waals surface area contributed by atoms with Gasteiger partial charge in [0.05, 0.1) is 24.6 Å². The van der Waals surface area contributed by atoms with Crippen molar-refractivity contribution in [3.8, 4) is 0 Å². The molecule has 2 fully saturated rings. The van der Waals surface area contributed by atoms with Crippen molar-refractivity contribution in [3.05, 3.63) is 12.1 Å². The van der Waals surface area contributed by atoms with Crippen molar-refractivity contribution in [2.45, 2.75) is 18.9 Å². The van der Waals surface area contributed by atoms with Gasteiger partial charge in [0.15, 0.2) is 11.0 Å². The van der Waals surface area contributed by atoms with E-state index in [0.29, 0.717) is 36.5 Å². The number of rotatable bonds is 3. The molecule has 0 spiro atoms. The number of carbonyl (C=O) groups excluding carboxylic acids is 1. The van der Waals surface area contributed by atoms with Crippen LogP contribution in [0, 0.1) is 0 Å². The first-order valence-corrected chi connectivity index (χ1v) is 7.83. The molecule has 1 atom stereocenters. The lowest BCUT2D eigenvalue weighted by molar-refractivity contribution is -0.124. The zero-order chi connectivity index (χ0) is 15.6. The lowest BCUT2D eigenvalue weighted by Crippen LogP contribution is -2.36. The van der Waals surface area contributed by atoms with Crippen LogP contribution >= 0.6 is 0 Å². The molecule has 23 heavy (non-hydrogen) atoms. The van der Waals surface area contributed by atoms with Crippen molar-refractivity contribution in [3.63, 3.8) is 0 Å². The quantitative estimate of drug-likeness (QED) is 0.908. The number of fused-ring (bicyclic) bond motifs is 1. The Labute approximate surface area is 132 Å². The summed E-state index contributed by atoms with van der Waals surface area (Å²) in [5.74, 6) is -0.147. The van der Waals surface area contributed by atoms with Gasteiger partial charge in [0.25, 0.3) is 5.91 Å². The maximum absolute atomic E-state index is 12.2. The lowest BCUT2D eigenvalue weighted by Gasteiger charge is -2.28. The fourth-order valence-corrected chi connectivity index (χ4v) is 3.01. The second-order valence-corrected chi connectivity index (χ2v) is 5.68. The predicted octanol–water partition coefficient (Wildman–Crippen LogP) is 1.18. The van der Waals surface area contributed by atoms with Gasteiger partial charge >= 0.3 is 0 Å². The first kappa shape index (κ1) is 14.4. The van der Waals surface area contributed by atoms with Gasteiger partial charge in [0.2, 0.25) is 0 Å². The highest BCUT2D eigenvalue weighted by Crippen LogP contribution is 2.30. The average Bonchev–Trinajstić information content (AvgIpc) is 3.28. The molecule has 2 aliphatic heterocycles. The van der Waals surface area contributed by atoms with Crippen molar-refractivity contribution >= 4 is 28.3 Å². The Morgan fingerprint density at radius 3 is 2.78 bits per heavy atom. The number of morpholine rings is 1. The van der Waals surface area contributed by atoms with Crippen LogP contribution in [0.4, 0.5) is 11.4 Å². The highest BCUT2D eigenvalue weighted by Gasteiger charge is 2.25. The van der Waals surface area contributed by atoms with Crippen LogP contribution < -0.4 is 10.2 Å². The van der Waals surface area contributed by atoms with E-state index in [9.17, 15) is 4.79 Å². The normalized spacial score (nSPS) is 21.7. The van der Waals surface area contributed by atoms with Crippen LogP contribution in [-0.4, -0.2) is 55.2 Å². The number of benzene rings is 1. The fourth-order valence-electron chi connectivity index (χ4n) is 3.01. The number of hydrogen-bond acceptors (Lipinski definition) is 7. The van der Waals surface area contributed by atoms with Gasteiger partial charge in [-0.2, -0.15) is 0 Å². The van der Waals surface area contributed by atoms with Crippen molar-refractivity contribution in [1.82, 2.24) is 10.3 Å². The second-order valence-electron chi connectivity index (χ2n) is 5.68. The molecular formula is C15H18N4O4. The number of amides is 1. The van der Waals surface area contributed by atoms with Crippen LogP contribution in [0.1, 0.15) is 12.8 Å². The molecule has 2 saturated heterocycles. The molecule has 0 saturated carbocycles. The molecule has 0 aliphatic carbocycles. The second kappa shape index (κ2) is 6.13. The molecular weight excluding hydrogens is 300 g/mol. The van der Waals surface area contributed by atoms with Crippen LogP contribution in [0.3, 0.4) is 0 Å². The molecule has 1 amide bonds. The number of nitrogens with zero attached hydrogens (tertiary/aromatic N) is 3. The Balaban J connectivity index is 1.61. The number of nitrogens with one attached hydrogen (secondary N) is 1. The summed E-state index contributed by atoms with van der Waals surface area (Å²) in [6, 6.07) is 3.77. The van der Waals surface area contributed by atoms with E-state index >= 15 is 0 Å². The summed E-state index contributed by atoms with van der Waals surface area (Å²) in [6.07, 6.45) is 1.27. The SMILES string of the molecule is O=C(Nc1ccc(N2CCOCC2)c2nonc12)[C@@H]1CCCO1. The summed E-state index contributed by atoms with van der Waals surface area (Å²) in [7, 11) is 0. The predicted molar refractivity (Wildman–Crippen MR) is 82.4 cm³/mol. The topological polar surface area (TPSA) is 89.7 Å². The third-order valence-electron chi connectivity index (χ3n) is 4.23. The van der Waals surface area contributed by atoms with Crippen molar-refractivity contribution in [1.29, 1.82) is 0 Å². The van der Waals surface area contributed by atoms with E-state index in [4.69, 9.17) is 14.1 Å². The van der Waals surface area contributed by atoms with Crippen LogP contribution in [0.25, 0.3) is 11.0 Å². The summed E-state index contributed by atoms with van der Waals surface area (Å²) in [6.45, 7) is 3.59. The standard InChI is InChI=1S/C15H18N4O4/c20-15(12-2-1-7-22-12)16-10-3-4-11(14-13(10)17-23-18-14)19-5-8-21-9-6-19/h3-4,12H,1-2,5-9H2,(H,16,20)/t12-/m0/s1. The minimum absolute atomic E-state index is 0.147. The Bertz CT molecular complexity index is 705. The van der Waals surface area contributed by atoms with Gasteiger partial charge in [0.1, 0.15) is 6.10 Å². The number of hydrogen-bond donors (Lipinski definition) is 1. The van der Waals surface area contributed by atoms with Crippen LogP contribution in [0.2, 0.25) is 0 Å². The molecule has 1 N–H and O–H groups in total. The minimum atomic E-state index is -0.385. The first-order valence-electron chi connectivity index (χ1n) is 7.83. The monoisotopic (exact) mass is 318 g/mol. The molecule has 2 aliphatic rings. The van der Waals surface area contributed by atoms with E-state index in [2.05, 4.69) is 20.5 Å². The van der Waals surface area contributed by atoms with Gasteiger partial charge in [-0.05, 0) is 35.3 Å².